The first-order valence-corrected chi connectivity index (χ1v) is 23.7. The third-order valence-electron chi connectivity index (χ3n) is 11.0. The van der Waals surface area contributed by atoms with Crippen molar-refractivity contribution >= 4 is 59.2 Å². The van der Waals surface area contributed by atoms with Gasteiger partial charge in [0.2, 0.25) is 47.3 Å². The minimum Gasteiger partial charge on any atom is -0.480 e. The van der Waals surface area contributed by atoms with Gasteiger partial charge >= 0.3 is 5.97 Å². The number of aliphatic hydroxyl groups excluding tert-OH is 2. The lowest BCUT2D eigenvalue weighted by atomic mass is 10.0. The number of hydrogen-bond donors (Lipinski definition) is 14. The van der Waals surface area contributed by atoms with Crippen LogP contribution in [-0.4, -0.2) is 167 Å². The van der Waals surface area contributed by atoms with Gasteiger partial charge < -0.3 is 80.4 Å². The standard InChI is InChI=1S/C44H81N13O12/c1-23(2)18-27(46)36(61)50-21-34(60)51-32(22-58)42(67)57-17-11-14-33(57)40(65)53-28(12-8-9-15-45)37(62)54-30(19-24(3)4)39(64)52-29(13-10-16-49-44(47)48)38(63)56-35(26(7)59)41(66)55-31(43(68)69)20-25(5)6/h23-33,35,58-59H,8-22,45-46H2,1-7H3,(H,50,61)(H,51,60)(H,52,64)(H,53,65)(H,54,62)(H,55,66)(H,56,63)(H,68,69)(H4,47,48,49)/t26-,27+,28+,29+,30+,31+,32+,33+,35+/m1/s1. The molecule has 1 saturated heterocycles. The number of aliphatic imine (C=N–C) groups is 1. The average molecular weight is 984 g/mol. The van der Waals surface area contributed by atoms with Gasteiger partial charge in [0.1, 0.15) is 42.3 Å². The summed E-state index contributed by atoms with van der Waals surface area (Å²) in [6.07, 6.45) is 0.550. The molecule has 1 aliphatic rings. The van der Waals surface area contributed by atoms with E-state index in [-0.39, 0.29) is 81.9 Å². The van der Waals surface area contributed by atoms with Crippen LogP contribution in [0.5, 0.6) is 0 Å². The van der Waals surface area contributed by atoms with E-state index in [4.69, 9.17) is 22.9 Å². The smallest absolute Gasteiger partial charge is 0.326 e. The van der Waals surface area contributed by atoms with E-state index in [1.54, 1.807) is 27.7 Å². The second-order valence-electron chi connectivity index (χ2n) is 18.7. The summed E-state index contributed by atoms with van der Waals surface area (Å²) in [7, 11) is 0. The largest absolute Gasteiger partial charge is 0.480 e. The maximum absolute atomic E-state index is 14.1. The molecule has 0 unspecified atom stereocenters. The summed E-state index contributed by atoms with van der Waals surface area (Å²) in [6, 6.07) is -10.3. The van der Waals surface area contributed by atoms with E-state index in [0.717, 1.165) is 0 Å². The van der Waals surface area contributed by atoms with Crippen LogP contribution in [0, 0.1) is 17.8 Å². The van der Waals surface area contributed by atoms with Gasteiger partial charge in [0.25, 0.3) is 0 Å². The number of carboxylic acid groups (broad SMARTS) is 1. The van der Waals surface area contributed by atoms with Crippen molar-refractivity contribution in [3.8, 4) is 0 Å². The van der Waals surface area contributed by atoms with Gasteiger partial charge in [-0.15, -0.1) is 0 Å². The molecule has 0 bridgehead atoms. The van der Waals surface area contributed by atoms with Crippen LogP contribution in [-0.2, 0) is 43.2 Å². The van der Waals surface area contributed by atoms with Crippen LogP contribution in [0.1, 0.15) is 113 Å². The molecular formula is C44H81N13O12. The minimum absolute atomic E-state index is 0.0430. The quantitative estimate of drug-likeness (QED) is 0.0174. The maximum atomic E-state index is 14.1. The molecule has 25 nitrogen and oxygen atoms in total. The van der Waals surface area contributed by atoms with Crippen molar-refractivity contribution in [3.05, 3.63) is 0 Å². The molecule has 69 heavy (non-hydrogen) atoms. The van der Waals surface area contributed by atoms with Crippen molar-refractivity contribution in [2.24, 2.45) is 45.7 Å². The number of nitrogens with two attached hydrogens (primary N) is 4. The van der Waals surface area contributed by atoms with Gasteiger partial charge in [-0.2, -0.15) is 0 Å². The average Bonchev–Trinajstić information content (AvgIpc) is 3.76. The Morgan fingerprint density at radius 2 is 1.20 bits per heavy atom. The topological polar surface area (TPSA) is 418 Å². The highest BCUT2D eigenvalue weighted by molar-refractivity contribution is 5.98. The summed E-state index contributed by atoms with van der Waals surface area (Å²) >= 11 is 0. The molecule has 0 aromatic heterocycles. The zero-order valence-corrected chi connectivity index (χ0v) is 41.3. The van der Waals surface area contributed by atoms with Crippen LogP contribution in [0.15, 0.2) is 4.99 Å². The lowest BCUT2D eigenvalue weighted by Crippen LogP contribution is -2.61. The van der Waals surface area contributed by atoms with Crippen LogP contribution in [0.3, 0.4) is 0 Å². The van der Waals surface area contributed by atoms with Crippen LogP contribution >= 0.6 is 0 Å². The second kappa shape index (κ2) is 31.5. The molecule has 0 aromatic carbocycles. The summed E-state index contributed by atoms with van der Waals surface area (Å²) in [4.78, 5) is 125. The first-order valence-electron chi connectivity index (χ1n) is 23.7. The van der Waals surface area contributed by atoms with E-state index in [1.165, 1.54) is 11.8 Å². The first-order chi connectivity index (χ1) is 32.3. The van der Waals surface area contributed by atoms with Crippen molar-refractivity contribution in [2.45, 2.75) is 167 Å². The van der Waals surface area contributed by atoms with Crippen molar-refractivity contribution in [3.63, 3.8) is 0 Å². The number of unbranched alkanes of at least 4 members (excludes halogenated alkanes) is 1. The Labute approximate surface area is 404 Å². The van der Waals surface area contributed by atoms with Gasteiger partial charge in [0.05, 0.1) is 25.3 Å². The number of rotatable bonds is 32. The van der Waals surface area contributed by atoms with E-state index in [2.05, 4.69) is 42.2 Å². The Bertz CT molecular complexity index is 1740. The number of amides is 8. The van der Waals surface area contributed by atoms with Gasteiger partial charge in [0.15, 0.2) is 5.96 Å². The minimum atomic E-state index is -1.63. The van der Waals surface area contributed by atoms with Gasteiger partial charge in [0, 0.05) is 13.1 Å². The first kappa shape index (κ1) is 61.4. The summed E-state index contributed by atoms with van der Waals surface area (Å²) in [5.41, 5.74) is 22.5. The van der Waals surface area contributed by atoms with Crippen molar-refractivity contribution in [2.75, 3.05) is 32.8 Å². The molecule has 18 N–H and O–H groups in total. The van der Waals surface area contributed by atoms with E-state index in [1.807, 2.05) is 13.8 Å². The Kier molecular flexibility index (Phi) is 28.0. The fraction of sp³-hybridized carbons (Fsp3) is 0.773. The van der Waals surface area contributed by atoms with Crippen LogP contribution in [0.2, 0.25) is 0 Å². The molecule has 1 rings (SSSR count). The van der Waals surface area contributed by atoms with E-state index in [9.17, 15) is 58.5 Å². The maximum Gasteiger partial charge on any atom is 0.326 e. The highest BCUT2D eigenvalue weighted by Crippen LogP contribution is 2.20. The Hall–Kier alpha value is -5.66. The Morgan fingerprint density at radius 1 is 0.667 bits per heavy atom. The molecule has 0 radical (unpaired) electrons. The number of nitrogens with zero attached hydrogens (tertiary/aromatic N) is 2. The monoisotopic (exact) mass is 984 g/mol. The lowest BCUT2D eigenvalue weighted by molar-refractivity contribution is -0.143. The summed E-state index contributed by atoms with van der Waals surface area (Å²) in [5, 5.41) is 47.9. The summed E-state index contributed by atoms with van der Waals surface area (Å²) < 4.78 is 0. The number of likely N-dealkylation sites (tertiary alicyclic amines) is 1. The highest BCUT2D eigenvalue weighted by Gasteiger charge is 2.40. The summed E-state index contributed by atoms with van der Waals surface area (Å²) in [6.45, 7) is 11.2. The number of carboxylic acids is 1. The molecule has 1 aliphatic heterocycles. The molecule has 1 fully saturated rings. The molecule has 8 amide bonds. The number of carbonyl (C=O) groups is 9. The highest BCUT2D eigenvalue weighted by atomic mass is 16.4. The molecule has 0 saturated carbocycles. The Morgan fingerprint density at radius 3 is 1.75 bits per heavy atom. The van der Waals surface area contributed by atoms with Gasteiger partial charge in [-0.3, -0.25) is 43.3 Å². The predicted octanol–water partition coefficient (Wildman–Crippen LogP) is -3.89. The zero-order chi connectivity index (χ0) is 52.5. The van der Waals surface area contributed by atoms with Gasteiger partial charge in [-0.1, -0.05) is 41.5 Å². The number of nitrogens with one attached hydrogen (secondary N) is 7. The fourth-order valence-corrected chi connectivity index (χ4v) is 7.51. The van der Waals surface area contributed by atoms with Crippen LogP contribution < -0.4 is 60.2 Å². The van der Waals surface area contributed by atoms with Gasteiger partial charge in [-0.05, 0) is 95.4 Å². The predicted molar refractivity (Wildman–Crippen MR) is 255 cm³/mol. The molecule has 0 aliphatic carbocycles. The number of aliphatic carboxylic acids is 1. The molecular weight excluding hydrogens is 903 g/mol. The number of hydrogen-bond acceptors (Lipinski definition) is 14. The molecule has 0 aromatic rings. The van der Waals surface area contributed by atoms with Crippen molar-refractivity contribution in [1.29, 1.82) is 0 Å². The number of aliphatic hydroxyl groups is 2. The molecule has 394 valence electrons. The van der Waals surface area contributed by atoms with Gasteiger partial charge in [-0.25, -0.2) is 4.79 Å². The van der Waals surface area contributed by atoms with E-state index < -0.39 is 121 Å². The number of guanidine groups is 1. The number of carbonyl (C=O) groups excluding carboxylic acids is 8. The third-order valence-corrected chi connectivity index (χ3v) is 11.0. The van der Waals surface area contributed by atoms with Crippen molar-refractivity contribution < 1.29 is 58.5 Å². The fourth-order valence-electron chi connectivity index (χ4n) is 7.51. The summed E-state index contributed by atoms with van der Waals surface area (Å²) in [5.74, 6) is -8.01. The molecule has 0 spiro atoms. The van der Waals surface area contributed by atoms with E-state index >= 15 is 0 Å². The third kappa shape index (κ3) is 23.0. The van der Waals surface area contributed by atoms with E-state index in [0.29, 0.717) is 25.7 Å². The normalized spacial score (nSPS) is 17.0. The van der Waals surface area contributed by atoms with Crippen LogP contribution in [0.25, 0.3) is 0 Å². The molecule has 25 heteroatoms. The lowest BCUT2D eigenvalue weighted by Gasteiger charge is -2.30. The van der Waals surface area contributed by atoms with Crippen molar-refractivity contribution in [1.82, 2.24) is 42.1 Å². The SMILES string of the molecule is CC(C)C[C@H](NC(=O)[C@@H](NC(=O)[C@H](CCCN=C(N)N)NC(=O)[C@H](CC(C)C)NC(=O)[C@H](CCCCN)NC(=O)[C@@H]1CCCN1C(=O)[C@H](CO)NC(=O)CNC(=O)[C@@H](N)CC(C)C)[C@@H](C)O)C(=O)O. The zero-order valence-electron chi connectivity index (χ0n) is 41.3. The second-order valence-corrected chi connectivity index (χ2v) is 18.7. The Balaban J connectivity index is 3.33. The van der Waals surface area contributed by atoms with Crippen LogP contribution in [0.4, 0.5) is 0 Å². The molecule has 9 atom stereocenters. The molecule has 1 heterocycles.